The van der Waals surface area contributed by atoms with Crippen molar-refractivity contribution in [2.24, 2.45) is 40.4 Å². The fourth-order valence-electron chi connectivity index (χ4n) is 10.3. The van der Waals surface area contributed by atoms with Crippen LogP contribution in [-0.4, -0.2) is 68.5 Å². The summed E-state index contributed by atoms with van der Waals surface area (Å²) in [6.45, 7) is 11.6. The monoisotopic (exact) mass is 532 g/mol. The normalized spacial score (nSPS) is 57.8. The Hall–Kier alpha value is -1.32. The molecule has 14 atom stereocenters. The van der Waals surface area contributed by atoms with Gasteiger partial charge in [0.15, 0.2) is 12.1 Å². The second-order valence-electron chi connectivity index (χ2n) is 14.2. The number of fused-ring (bicyclic) bond motifs is 6. The highest BCUT2D eigenvalue weighted by Gasteiger charge is 2.74. The molecule has 2 aliphatic heterocycles. The molecule has 0 spiro atoms. The van der Waals surface area contributed by atoms with Gasteiger partial charge in [-0.2, -0.15) is 0 Å². The fourth-order valence-corrected chi connectivity index (χ4v) is 10.3. The molecule has 6 aliphatic rings. The SMILES string of the molecule is CC(=O)O[C@@H]1C[C@H]2[C@@H]3C[C@@H](O)[C@@]4(O)CC=CC(=O)[C@]4(C)[C@H]3CC[C@]2(C)[C@@H]1[C@H](C)C1C[C@]2(C)O[C@]2(C)[C@H](O)O1. The van der Waals surface area contributed by atoms with E-state index >= 15 is 0 Å². The lowest BCUT2D eigenvalue weighted by Crippen LogP contribution is -2.69. The number of hydrogen-bond donors (Lipinski definition) is 3. The van der Waals surface area contributed by atoms with Crippen molar-refractivity contribution in [1.82, 2.24) is 0 Å². The minimum atomic E-state index is -1.47. The van der Waals surface area contributed by atoms with Crippen molar-refractivity contribution < 1.29 is 39.1 Å². The lowest BCUT2D eigenvalue weighted by Gasteiger charge is -2.63. The molecule has 0 aromatic carbocycles. The van der Waals surface area contributed by atoms with Crippen LogP contribution in [0.15, 0.2) is 12.2 Å². The number of allylic oxidation sites excluding steroid dienone is 1. The van der Waals surface area contributed by atoms with E-state index in [1.54, 1.807) is 12.2 Å². The van der Waals surface area contributed by atoms with Gasteiger partial charge in [-0.3, -0.25) is 9.59 Å². The summed E-state index contributed by atoms with van der Waals surface area (Å²) in [5.74, 6) is -0.401. The molecule has 0 aromatic heterocycles. The smallest absolute Gasteiger partial charge is 0.302 e. The van der Waals surface area contributed by atoms with Crippen molar-refractivity contribution in [3.8, 4) is 0 Å². The number of rotatable bonds is 3. The van der Waals surface area contributed by atoms with E-state index in [1.165, 1.54) is 6.92 Å². The van der Waals surface area contributed by atoms with E-state index in [2.05, 4.69) is 13.8 Å². The van der Waals surface area contributed by atoms with Crippen LogP contribution in [0.25, 0.3) is 0 Å². The molecule has 8 heteroatoms. The van der Waals surface area contributed by atoms with Crippen molar-refractivity contribution in [3.05, 3.63) is 12.2 Å². The third-order valence-corrected chi connectivity index (χ3v) is 12.7. The van der Waals surface area contributed by atoms with E-state index in [9.17, 15) is 24.9 Å². The molecule has 2 saturated heterocycles. The Morgan fingerprint density at radius 1 is 1.16 bits per heavy atom. The first-order valence-electron chi connectivity index (χ1n) is 14.4. The molecule has 0 bridgehead atoms. The molecule has 5 fully saturated rings. The molecule has 2 heterocycles. The van der Waals surface area contributed by atoms with Crippen LogP contribution in [0.1, 0.15) is 80.1 Å². The van der Waals surface area contributed by atoms with E-state index in [4.69, 9.17) is 14.2 Å². The number of esters is 1. The van der Waals surface area contributed by atoms with Gasteiger partial charge in [0.25, 0.3) is 0 Å². The van der Waals surface area contributed by atoms with Crippen molar-refractivity contribution in [1.29, 1.82) is 0 Å². The Balaban J connectivity index is 1.34. The van der Waals surface area contributed by atoms with Gasteiger partial charge >= 0.3 is 5.97 Å². The zero-order valence-corrected chi connectivity index (χ0v) is 23.5. The van der Waals surface area contributed by atoms with Gasteiger partial charge in [-0.05, 0) is 88.0 Å². The number of aliphatic hydroxyl groups excluding tert-OH is 2. The van der Waals surface area contributed by atoms with Crippen molar-refractivity contribution in [2.75, 3.05) is 0 Å². The molecule has 0 radical (unpaired) electrons. The molecule has 212 valence electrons. The average molecular weight is 533 g/mol. The van der Waals surface area contributed by atoms with Gasteiger partial charge in [0.05, 0.1) is 17.6 Å². The van der Waals surface area contributed by atoms with E-state index in [-0.39, 0.29) is 65.4 Å². The molecular weight excluding hydrogens is 488 g/mol. The maximum atomic E-state index is 13.4. The van der Waals surface area contributed by atoms with Gasteiger partial charge in [0, 0.05) is 19.3 Å². The summed E-state index contributed by atoms with van der Waals surface area (Å²) in [5.41, 5.74) is -3.87. The fraction of sp³-hybridized carbons (Fsp3) is 0.867. The standard InChI is InChI=1S/C30H44O8/c1-15(21-14-27(4)29(6,38-27)25(34)37-21)24-20(36-16(2)31)13-19-17-12-23(33)30(35)10-7-8-22(32)28(30,5)18(17)9-11-26(19,24)3/h7-8,15,17-21,23-25,33-35H,9-14H2,1-6H3/t15-,17-,18+,19+,20-,21?,23-,24-,25-,26+,27+,28+,29-,30+/m1/s1. The number of epoxide rings is 1. The van der Waals surface area contributed by atoms with Crippen molar-refractivity contribution >= 4 is 11.8 Å². The first-order valence-corrected chi connectivity index (χ1v) is 14.4. The molecule has 0 amide bonds. The van der Waals surface area contributed by atoms with Crippen molar-refractivity contribution in [3.63, 3.8) is 0 Å². The number of aliphatic hydroxyl groups is 3. The number of ketones is 1. The van der Waals surface area contributed by atoms with Crippen LogP contribution in [0.5, 0.6) is 0 Å². The third-order valence-electron chi connectivity index (χ3n) is 12.7. The van der Waals surface area contributed by atoms with Gasteiger partial charge in [-0.1, -0.05) is 19.9 Å². The van der Waals surface area contributed by atoms with Crippen LogP contribution in [0, 0.1) is 40.4 Å². The number of carbonyl (C=O) groups excluding carboxylic acids is 2. The summed E-state index contributed by atoms with van der Waals surface area (Å²) in [7, 11) is 0. The predicted molar refractivity (Wildman–Crippen MR) is 136 cm³/mol. The highest BCUT2D eigenvalue weighted by molar-refractivity contribution is 5.97. The Morgan fingerprint density at radius 3 is 2.53 bits per heavy atom. The highest BCUT2D eigenvalue weighted by atomic mass is 16.7. The second kappa shape index (κ2) is 8.12. The van der Waals surface area contributed by atoms with Crippen LogP contribution in [0.3, 0.4) is 0 Å². The topological polar surface area (TPSA) is 126 Å². The zero-order valence-electron chi connectivity index (χ0n) is 23.5. The summed E-state index contributed by atoms with van der Waals surface area (Å²) >= 11 is 0. The summed E-state index contributed by atoms with van der Waals surface area (Å²) in [5, 5.41) is 33.7. The van der Waals surface area contributed by atoms with Crippen molar-refractivity contribution in [2.45, 2.75) is 121 Å². The maximum absolute atomic E-state index is 13.4. The quantitative estimate of drug-likeness (QED) is 0.374. The van der Waals surface area contributed by atoms with Gasteiger partial charge in [-0.25, -0.2) is 0 Å². The Kier molecular flexibility index (Phi) is 5.75. The Bertz CT molecular complexity index is 1070. The Morgan fingerprint density at radius 2 is 1.87 bits per heavy atom. The number of ether oxygens (including phenoxy) is 3. The summed E-state index contributed by atoms with van der Waals surface area (Å²) < 4.78 is 18.1. The predicted octanol–water partition coefficient (Wildman–Crippen LogP) is 2.91. The molecule has 8 nitrogen and oxygen atoms in total. The zero-order chi connectivity index (χ0) is 27.6. The minimum Gasteiger partial charge on any atom is -0.462 e. The third kappa shape index (κ3) is 3.21. The van der Waals surface area contributed by atoms with Gasteiger partial charge in [0.2, 0.25) is 0 Å². The summed E-state index contributed by atoms with van der Waals surface area (Å²) in [4.78, 5) is 25.6. The van der Waals surface area contributed by atoms with Gasteiger partial charge < -0.3 is 29.5 Å². The highest BCUT2D eigenvalue weighted by Crippen LogP contribution is 2.69. The first kappa shape index (κ1) is 26.9. The average Bonchev–Trinajstić information content (AvgIpc) is 3.28. The Labute approximate surface area is 225 Å². The summed E-state index contributed by atoms with van der Waals surface area (Å²) in [6, 6.07) is 0. The second-order valence-corrected chi connectivity index (χ2v) is 14.2. The van der Waals surface area contributed by atoms with E-state index in [1.807, 2.05) is 20.8 Å². The molecule has 3 saturated carbocycles. The van der Waals surface area contributed by atoms with Crippen LogP contribution in [0.2, 0.25) is 0 Å². The molecule has 6 rings (SSSR count). The lowest BCUT2D eigenvalue weighted by atomic mass is 9.43. The maximum Gasteiger partial charge on any atom is 0.302 e. The van der Waals surface area contributed by atoms with Crippen LogP contribution in [0.4, 0.5) is 0 Å². The molecule has 1 unspecified atom stereocenters. The molecule has 3 N–H and O–H groups in total. The van der Waals surface area contributed by atoms with Crippen LogP contribution >= 0.6 is 0 Å². The first-order chi connectivity index (χ1) is 17.6. The van der Waals surface area contributed by atoms with Gasteiger partial charge in [0.1, 0.15) is 22.9 Å². The van der Waals surface area contributed by atoms with Crippen LogP contribution < -0.4 is 0 Å². The summed E-state index contributed by atoms with van der Waals surface area (Å²) in [6.07, 6.45) is 4.26. The number of hydrogen-bond acceptors (Lipinski definition) is 8. The molecule has 38 heavy (non-hydrogen) atoms. The number of carbonyl (C=O) groups is 2. The molecule has 0 aromatic rings. The molecular formula is C30H44O8. The van der Waals surface area contributed by atoms with E-state index in [0.29, 0.717) is 19.3 Å². The van der Waals surface area contributed by atoms with Crippen LogP contribution in [-0.2, 0) is 23.8 Å². The minimum absolute atomic E-state index is 0.0187. The largest absolute Gasteiger partial charge is 0.462 e. The lowest BCUT2D eigenvalue weighted by molar-refractivity contribution is -0.234. The van der Waals surface area contributed by atoms with Gasteiger partial charge in [-0.15, -0.1) is 0 Å². The molecule has 4 aliphatic carbocycles. The van der Waals surface area contributed by atoms with E-state index in [0.717, 1.165) is 12.8 Å². The van der Waals surface area contributed by atoms with E-state index < -0.39 is 34.6 Å².